The number of benzene rings is 2. The Labute approximate surface area is 179 Å². The molecule has 158 valence electrons. The third-order valence-corrected chi connectivity index (χ3v) is 5.15. The van der Waals surface area contributed by atoms with Crippen LogP contribution >= 0.6 is 11.6 Å². The monoisotopic (exact) mass is 430 g/mol. The van der Waals surface area contributed by atoms with E-state index in [0.29, 0.717) is 16.5 Å². The molecule has 1 aliphatic heterocycles. The second-order valence-electron chi connectivity index (χ2n) is 7.03. The zero-order valence-corrected chi connectivity index (χ0v) is 17.5. The third kappa shape index (κ3) is 5.10. The number of hydrogen-bond acceptors (Lipinski definition) is 5. The Balaban J connectivity index is 1.55. The van der Waals surface area contributed by atoms with Gasteiger partial charge in [0.1, 0.15) is 5.75 Å². The molecule has 30 heavy (non-hydrogen) atoms. The number of carbonyl (C=O) groups is 3. The summed E-state index contributed by atoms with van der Waals surface area (Å²) in [7, 11) is 1.49. The van der Waals surface area contributed by atoms with Crippen molar-refractivity contribution in [3.63, 3.8) is 0 Å². The highest BCUT2D eigenvalue weighted by Crippen LogP contribution is 2.35. The van der Waals surface area contributed by atoms with E-state index >= 15 is 0 Å². The first-order chi connectivity index (χ1) is 14.4. The summed E-state index contributed by atoms with van der Waals surface area (Å²) in [5, 5.41) is 3.23. The van der Waals surface area contributed by atoms with Gasteiger partial charge in [-0.05, 0) is 30.7 Å². The molecule has 0 saturated carbocycles. The third-order valence-electron chi connectivity index (χ3n) is 4.91. The van der Waals surface area contributed by atoms with E-state index in [1.165, 1.54) is 12.0 Å². The normalized spacial score (nSPS) is 16.8. The van der Waals surface area contributed by atoms with Crippen molar-refractivity contribution in [1.29, 1.82) is 0 Å². The maximum Gasteiger partial charge on any atom is 0.311 e. The summed E-state index contributed by atoms with van der Waals surface area (Å²) < 4.78 is 10.4. The van der Waals surface area contributed by atoms with Crippen LogP contribution in [0.25, 0.3) is 0 Å². The Bertz CT molecular complexity index is 934. The van der Waals surface area contributed by atoms with Gasteiger partial charge in [-0.25, -0.2) is 0 Å². The van der Waals surface area contributed by atoms with Gasteiger partial charge in [-0.15, -0.1) is 0 Å². The predicted octanol–water partition coefficient (Wildman–Crippen LogP) is 3.12. The van der Waals surface area contributed by atoms with Crippen molar-refractivity contribution in [2.75, 3.05) is 25.2 Å². The van der Waals surface area contributed by atoms with Crippen LogP contribution in [0.2, 0.25) is 5.02 Å². The highest BCUT2D eigenvalue weighted by atomic mass is 35.5. The van der Waals surface area contributed by atoms with Gasteiger partial charge in [0.05, 0.1) is 24.8 Å². The molecule has 1 N–H and O–H groups in total. The Morgan fingerprint density at radius 1 is 1.23 bits per heavy atom. The molecule has 1 fully saturated rings. The van der Waals surface area contributed by atoms with Gasteiger partial charge in [-0.1, -0.05) is 41.9 Å². The number of carbonyl (C=O) groups excluding carboxylic acids is 3. The first kappa shape index (κ1) is 21.6. The van der Waals surface area contributed by atoms with Gasteiger partial charge < -0.3 is 19.7 Å². The fourth-order valence-corrected chi connectivity index (χ4v) is 3.50. The lowest BCUT2D eigenvalue weighted by Crippen LogP contribution is -2.32. The van der Waals surface area contributed by atoms with Crippen molar-refractivity contribution in [2.45, 2.75) is 19.4 Å². The summed E-state index contributed by atoms with van der Waals surface area (Å²) in [5.41, 5.74) is 1.45. The largest absolute Gasteiger partial charge is 0.495 e. The molecule has 0 aliphatic carbocycles. The van der Waals surface area contributed by atoms with E-state index in [4.69, 9.17) is 21.1 Å². The van der Waals surface area contributed by atoms with Gasteiger partial charge in [-0.3, -0.25) is 14.4 Å². The number of nitrogens with one attached hydrogen (secondary N) is 1. The van der Waals surface area contributed by atoms with Crippen LogP contribution in [0.1, 0.15) is 24.9 Å². The SMILES string of the molecule is COc1ccc(Cl)cc1N1C[C@H](C(=O)OCC(=O)N[C@@H](C)c2ccccc2)CC1=O. The molecule has 2 amide bonds. The molecule has 2 aromatic rings. The minimum Gasteiger partial charge on any atom is -0.495 e. The molecule has 0 spiro atoms. The lowest BCUT2D eigenvalue weighted by molar-refractivity contribution is -0.152. The number of amides is 2. The van der Waals surface area contributed by atoms with E-state index in [0.717, 1.165) is 5.56 Å². The van der Waals surface area contributed by atoms with Crippen molar-refractivity contribution in [1.82, 2.24) is 5.32 Å². The van der Waals surface area contributed by atoms with Crippen LogP contribution in [0.15, 0.2) is 48.5 Å². The predicted molar refractivity (Wildman–Crippen MR) is 112 cm³/mol. The number of halogens is 1. The van der Waals surface area contributed by atoms with Crippen LogP contribution in [-0.2, 0) is 19.1 Å². The van der Waals surface area contributed by atoms with Crippen LogP contribution in [-0.4, -0.2) is 38.0 Å². The molecule has 1 saturated heterocycles. The summed E-state index contributed by atoms with van der Waals surface area (Å²) in [6, 6.07) is 14.2. The number of ether oxygens (including phenoxy) is 2. The molecule has 2 aromatic carbocycles. The van der Waals surface area contributed by atoms with E-state index in [2.05, 4.69) is 5.32 Å². The summed E-state index contributed by atoms with van der Waals surface area (Å²) in [6.07, 6.45) is -0.00343. The van der Waals surface area contributed by atoms with Crippen molar-refractivity contribution in [2.24, 2.45) is 5.92 Å². The molecule has 3 rings (SSSR count). The molecule has 0 aromatic heterocycles. The zero-order valence-electron chi connectivity index (χ0n) is 16.8. The number of nitrogens with zero attached hydrogens (tertiary/aromatic N) is 1. The first-order valence-electron chi connectivity index (χ1n) is 9.54. The van der Waals surface area contributed by atoms with E-state index in [9.17, 15) is 14.4 Å². The van der Waals surface area contributed by atoms with E-state index in [-0.39, 0.29) is 24.9 Å². The second kappa shape index (κ2) is 9.63. The van der Waals surface area contributed by atoms with Crippen molar-refractivity contribution < 1.29 is 23.9 Å². The summed E-state index contributed by atoms with van der Waals surface area (Å²) >= 11 is 6.04. The maximum atomic E-state index is 12.4. The van der Waals surface area contributed by atoms with Gasteiger partial charge in [0, 0.05) is 18.0 Å². The Morgan fingerprint density at radius 3 is 2.67 bits per heavy atom. The molecular formula is C22H23ClN2O5. The fourth-order valence-electron chi connectivity index (χ4n) is 3.34. The quantitative estimate of drug-likeness (QED) is 0.682. The van der Waals surface area contributed by atoms with Gasteiger partial charge in [0.25, 0.3) is 5.91 Å². The minimum atomic E-state index is -0.666. The molecule has 0 bridgehead atoms. The van der Waals surface area contributed by atoms with Gasteiger partial charge in [0.15, 0.2) is 6.61 Å². The van der Waals surface area contributed by atoms with Crippen LogP contribution in [0.3, 0.4) is 0 Å². The molecular weight excluding hydrogens is 408 g/mol. The first-order valence-corrected chi connectivity index (χ1v) is 9.91. The van der Waals surface area contributed by atoms with Gasteiger partial charge in [-0.2, -0.15) is 0 Å². The summed E-state index contributed by atoms with van der Waals surface area (Å²) in [4.78, 5) is 38.4. The molecule has 1 heterocycles. The number of rotatable bonds is 7. The van der Waals surface area contributed by atoms with E-state index < -0.39 is 24.4 Å². The van der Waals surface area contributed by atoms with Crippen LogP contribution < -0.4 is 15.0 Å². The summed E-state index contributed by atoms with van der Waals surface area (Å²) in [6.45, 7) is 1.58. The standard InChI is InChI=1S/C22H23ClN2O5/c1-14(15-6-4-3-5-7-15)24-20(26)13-30-22(28)16-10-21(27)25(12-16)18-11-17(23)8-9-19(18)29-2/h3-9,11,14,16H,10,12-13H2,1-2H3,(H,24,26)/t14-,16+/m0/s1. The zero-order chi connectivity index (χ0) is 21.7. The smallest absolute Gasteiger partial charge is 0.311 e. The van der Waals surface area contributed by atoms with Crippen LogP contribution in [0.4, 0.5) is 5.69 Å². The fraction of sp³-hybridized carbons (Fsp3) is 0.318. The second-order valence-corrected chi connectivity index (χ2v) is 7.47. The van der Waals surface area contributed by atoms with E-state index in [1.807, 2.05) is 37.3 Å². The van der Waals surface area contributed by atoms with Crippen molar-refractivity contribution in [3.05, 3.63) is 59.1 Å². The number of esters is 1. The van der Waals surface area contributed by atoms with Gasteiger partial charge >= 0.3 is 5.97 Å². The molecule has 1 aliphatic rings. The van der Waals surface area contributed by atoms with Crippen molar-refractivity contribution in [3.8, 4) is 5.75 Å². The topological polar surface area (TPSA) is 84.9 Å². The summed E-state index contributed by atoms with van der Waals surface area (Å²) in [5.74, 6) is -1.41. The Morgan fingerprint density at radius 2 is 1.97 bits per heavy atom. The average Bonchev–Trinajstić information content (AvgIpc) is 3.14. The van der Waals surface area contributed by atoms with E-state index in [1.54, 1.807) is 18.2 Å². The Kier molecular flexibility index (Phi) is 6.95. The highest BCUT2D eigenvalue weighted by molar-refractivity contribution is 6.31. The maximum absolute atomic E-state index is 12.4. The Hall–Kier alpha value is -3.06. The van der Waals surface area contributed by atoms with Crippen LogP contribution in [0, 0.1) is 5.92 Å². The van der Waals surface area contributed by atoms with Gasteiger partial charge in [0.2, 0.25) is 5.91 Å². The van der Waals surface area contributed by atoms with Crippen LogP contribution in [0.5, 0.6) is 5.75 Å². The molecule has 8 heteroatoms. The minimum absolute atomic E-state index is 0.00343. The highest BCUT2D eigenvalue weighted by Gasteiger charge is 2.37. The average molecular weight is 431 g/mol. The molecule has 7 nitrogen and oxygen atoms in total. The number of methoxy groups -OCH3 is 1. The van der Waals surface area contributed by atoms with Crippen molar-refractivity contribution >= 4 is 35.1 Å². The number of hydrogen-bond donors (Lipinski definition) is 1. The lowest BCUT2D eigenvalue weighted by Gasteiger charge is -2.19. The molecule has 0 unspecified atom stereocenters. The number of anilines is 1. The molecule has 0 radical (unpaired) electrons. The lowest BCUT2D eigenvalue weighted by atomic mass is 10.1. The molecule has 2 atom stereocenters.